The molecule has 3 heterocycles. The standard InChI is InChI=1S/C16H19ClF3N5O2/c1-15(2,3)27-14(26)24-7-10(16(18,19)20)4-11(24)8-25-12-9(6-22-25)5-21-13(17)23-12/h5-6,10-11H,4,7-8H2,1-3H3/t10-,11-/m0/s1. The first-order valence-corrected chi connectivity index (χ1v) is 8.72. The van der Waals surface area contributed by atoms with Gasteiger partial charge in [-0.05, 0) is 38.8 Å². The summed E-state index contributed by atoms with van der Waals surface area (Å²) >= 11 is 5.80. The first-order chi connectivity index (χ1) is 12.4. The molecule has 11 heteroatoms. The van der Waals surface area contributed by atoms with Gasteiger partial charge in [0.2, 0.25) is 5.28 Å². The summed E-state index contributed by atoms with van der Waals surface area (Å²) in [4.78, 5) is 21.5. The second-order valence-corrected chi connectivity index (χ2v) is 7.84. The molecule has 2 aromatic heterocycles. The van der Waals surface area contributed by atoms with Gasteiger partial charge in [-0.1, -0.05) is 0 Å². The van der Waals surface area contributed by atoms with Gasteiger partial charge in [0, 0.05) is 12.7 Å². The van der Waals surface area contributed by atoms with Gasteiger partial charge in [-0.15, -0.1) is 0 Å². The molecule has 1 aliphatic heterocycles. The number of carbonyl (C=O) groups excluding carboxylic acids is 1. The molecule has 0 unspecified atom stereocenters. The molecule has 1 amide bonds. The molecule has 0 bridgehead atoms. The number of nitrogens with zero attached hydrogens (tertiary/aromatic N) is 5. The van der Waals surface area contributed by atoms with Gasteiger partial charge in [0.25, 0.3) is 0 Å². The van der Waals surface area contributed by atoms with E-state index in [1.54, 1.807) is 20.8 Å². The highest BCUT2D eigenvalue weighted by Crippen LogP contribution is 2.37. The molecule has 0 N–H and O–H groups in total. The normalized spacial score (nSPS) is 21.1. The Morgan fingerprint density at radius 3 is 2.67 bits per heavy atom. The zero-order valence-electron chi connectivity index (χ0n) is 15.0. The largest absolute Gasteiger partial charge is 0.444 e. The van der Waals surface area contributed by atoms with E-state index in [9.17, 15) is 18.0 Å². The molecule has 1 saturated heterocycles. The molecular weight excluding hydrogens is 387 g/mol. The van der Waals surface area contributed by atoms with Crippen LogP contribution < -0.4 is 0 Å². The van der Waals surface area contributed by atoms with Crippen LogP contribution in [-0.2, 0) is 11.3 Å². The lowest BCUT2D eigenvalue weighted by Crippen LogP contribution is -2.42. The molecule has 0 aromatic carbocycles. The average molecular weight is 406 g/mol. The fourth-order valence-corrected chi connectivity index (χ4v) is 3.18. The lowest BCUT2D eigenvalue weighted by molar-refractivity contribution is -0.170. The number of ether oxygens (including phenoxy) is 1. The van der Waals surface area contributed by atoms with Crippen molar-refractivity contribution < 1.29 is 22.7 Å². The monoisotopic (exact) mass is 405 g/mol. The Morgan fingerprint density at radius 2 is 2.04 bits per heavy atom. The van der Waals surface area contributed by atoms with Crippen LogP contribution >= 0.6 is 11.6 Å². The zero-order chi connectivity index (χ0) is 20.0. The van der Waals surface area contributed by atoms with Gasteiger partial charge in [0.15, 0.2) is 5.65 Å². The van der Waals surface area contributed by atoms with E-state index in [4.69, 9.17) is 16.3 Å². The fourth-order valence-electron chi connectivity index (χ4n) is 3.05. The molecule has 7 nitrogen and oxygen atoms in total. The number of hydrogen-bond donors (Lipinski definition) is 0. The quantitative estimate of drug-likeness (QED) is 0.713. The number of likely N-dealkylation sites (tertiary alicyclic amines) is 1. The summed E-state index contributed by atoms with van der Waals surface area (Å²) in [5.41, 5.74) is -0.411. The summed E-state index contributed by atoms with van der Waals surface area (Å²) in [7, 11) is 0. The van der Waals surface area contributed by atoms with Crippen LogP contribution in [0.2, 0.25) is 5.28 Å². The number of alkyl halides is 3. The minimum atomic E-state index is -4.40. The second-order valence-electron chi connectivity index (χ2n) is 7.51. The maximum Gasteiger partial charge on any atom is 0.410 e. The number of aromatic nitrogens is 4. The molecule has 2 atom stereocenters. The van der Waals surface area contributed by atoms with Gasteiger partial charge in [-0.25, -0.2) is 14.5 Å². The molecular formula is C16H19ClF3N5O2. The molecule has 1 fully saturated rings. The van der Waals surface area contributed by atoms with Gasteiger partial charge in [0.05, 0.1) is 30.1 Å². The highest BCUT2D eigenvalue weighted by atomic mass is 35.5. The van der Waals surface area contributed by atoms with E-state index < -0.39 is 36.4 Å². The Bertz CT molecular complexity index is 849. The van der Waals surface area contributed by atoms with Crippen molar-refractivity contribution in [1.82, 2.24) is 24.6 Å². The highest BCUT2D eigenvalue weighted by molar-refractivity contribution is 6.28. The molecule has 0 radical (unpaired) electrons. The molecule has 2 aromatic rings. The van der Waals surface area contributed by atoms with Crippen LogP contribution in [0.4, 0.5) is 18.0 Å². The lowest BCUT2D eigenvalue weighted by Gasteiger charge is -2.28. The van der Waals surface area contributed by atoms with Crippen molar-refractivity contribution >= 4 is 28.7 Å². The minimum Gasteiger partial charge on any atom is -0.444 e. The number of rotatable bonds is 2. The van der Waals surface area contributed by atoms with Crippen molar-refractivity contribution in [1.29, 1.82) is 0 Å². The van der Waals surface area contributed by atoms with Crippen LogP contribution in [0.25, 0.3) is 11.0 Å². The van der Waals surface area contributed by atoms with Crippen LogP contribution in [0.1, 0.15) is 27.2 Å². The van der Waals surface area contributed by atoms with Crippen LogP contribution in [0.15, 0.2) is 12.4 Å². The van der Waals surface area contributed by atoms with E-state index in [-0.39, 0.29) is 18.2 Å². The summed E-state index contributed by atoms with van der Waals surface area (Å²) in [6.07, 6.45) is -2.43. The van der Waals surface area contributed by atoms with Crippen LogP contribution in [-0.4, -0.2) is 55.1 Å². The van der Waals surface area contributed by atoms with E-state index >= 15 is 0 Å². The third-order valence-corrected chi connectivity index (χ3v) is 4.42. The molecule has 0 spiro atoms. The maximum absolute atomic E-state index is 13.3. The average Bonchev–Trinajstić information content (AvgIpc) is 3.10. The third-order valence-electron chi connectivity index (χ3n) is 4.24. The number of halogens is 4. The molecule has 1 aliphatic rings. The second kappa shape index (κ2) is 6.81. The summed E-state index contributed by atoms with van der Waals surface area (Å²) in [6.45, 7) is 4.59. The van der Waals surface area contributed by atoms with Crippen LogP contribution in [0, 0.1) is 5.92 Å². The summed E-state index contributed by atoms with van der Waals surface area (Å²) in [6, 6.07) is -0.733. The summed E-state index contributed by atoms with van der Waals surface area (Å²) in [5, 5.41) is 4.76. The summed E-state index contributed by atoms with van der Waals surface area (Å²) in [5.74, 6) is -1.62. The van der Waals surface area contributed by atoms with Crippen molar-refractivity contribution in [2.75, 3.05) is 6.54 Å². The predicted molar refractivity (Wildman–Crippen MR) is 91.2 cm³/mol. The fraction of sp³-hybridized carbons (Fsp3) is 0.625. The van der Waals surface area contributed by atoms with Gasteiger partial charge in [-0.3, -0.25) is 0 Å². The predicted octanol–water partition coefficient (Wildman–Crippen LogP) is 3.67. The number of amides is 1. The maximum atomic E-state index is 13.3. The van der Waals surface area contributed by atoms with Crippen LogP contribution in [0.3, 0.4) is 0 Å². The summed E-state index contributed by atoms with van der Waals surface area (Å²) < 4.78 is 46.5. The SMILES string of the molecule is CC(C)(C)OC(=O)N1C[C@@H](C(F)(F)F)C[C@H]1Cn1ncc2cnc(Cl)nc21. The molecule has 0 aliphatic carbocycles. The van der Waals surface area contributed by atoms with Crippen molar-refractivity contribution in [3.8, 4) is 0 Å². The molecule has 148 valence electrons. The van der Waals surface area contributed by atoms with Gasteiger partial charge in [0.1, 0.15) is 5.60 Å². The van der Waals surface area contributed by atoms with E-state index in [1.807, 2.05) is 0 Å². The van der Waals surface area contributed by atoms with E-state index in [0.29, 0.717) is 11.0 Å². The minimum absolute atomic E-state index is 0.00726. The van der Waals surface area contributed by atoms with Gasteiger partial charge >= 0.3 is 12.3 Å². The van der Waals surface area contributed by atoms with E-state index in [2.05, 4.69) is 15.1 Å². The Kier molecular flexibility index (Phi) is 4.96. The first kappa shape index (κ1) is 19.7. The number of fused-ring (bicyclic) bond motifs is 1. The van der Waals surface area contributed by atoms with Gasteiger partial charge in [-0.2, -0.15) is 23.3 Å². The Labute approximate surface area is 158 Å². The van der Waals surface area contributed by atoms with E-state index in [0.717, 1.165) is 4.90 Å². The smallest absolute Gasteiger partial charge is 0.410 e. The Morgan fingerprint density at radius 1 is 1.33 bits per heavy atom. The first-order valence-electron chi connectivity index (χ1n) is 8.34. The Balaban J connectivity index is 1.87. The van der Waals surface area contributed by atoms with Crippen molar-refractivity contribution in [3.63, 3.8) is 0 Å². The van der Waals surface area contributed by atoms with Gasteiger partial charge < -0.3 is 9.64 Å². The van der Waals surface area contributed by atoms with E-state index in [1.165, 1.54) is 17.1 Å². The Hall–Kier alpha value is -2.10. The van der Waals surface area contributed by atoms with Crippen molar-refractivity contribution in [3.05, 3.63) is 17.7 Å². The molecule has 0 saturated carbocycles. The number of carbonyl (C=O) groups is 1. The van der Waals surface area contributed by atoms with Crippen LogP contribution in [0.5, 0.6) is 0 Å². The number of hydrogen-bond acceptors (Lipinski definition) is 5. The lowest BCUT2D eigenvalue weighted by atomic mass is 10.1. The third kappa shape index (κ3) is 4.42. The topological polar surface area (TPSA) is 73.1 Å². The zero-order valence-corrected chi connectivity index (χ0v) is 15.8. The molecule has 3 rings (SSSR count). The van der Waals surface area contributed by atoms with Crippen molar-refractivity contribution in [2.45, 2.75) is 51.6 Å². The highest BCUT2D eigenvalue weighted by Gasteiger charge is 2.49. The molecule has 27 heavy (non-hydrogen) atoms. The van der Waals surface area contributed by atoms with Crippen molar-refractivity contribution in [2.24, 2.45) is 5.92 Å².